The highest BCUT2D eigenvalue weighted by Gasteiger charge is 2.27. The summed E-state index contributed by atoms with van der Waals surface area (Å²) in [6.45, 7) is 2.10. The summed E-state index contributed by atoms with van der Waals surface area (Å²) in [5, 5.41) is 0. The third kappa shape index (κ3) is 4.81. The second kappa shape index (κ2) is 6.45. The van der Waals surface area contributed by atoms with E-state index in [0.717, 1.165) is 0 Å². The molecule has 0 aliphatic heterocycles. The van der Waals surface area contributed by atoms with Gasteiger partial charge in [-0.1, -0.05) is 19.1 Å². The van der Waals surface area contributed by atoms with Gasteiger partial charge in [0.1, 0.15) is 0 Å². The van der Waals surface area contributed by atoms with Crippen molar-refractivity contribution in [1.82, 2.24) is 0 Å². The van der Waals surface area contributed by atoms with Gasteiger partial charge in [0.05, 0.1) is 12.2 Å². The molecule has 0 saturated carbocycles. The van der Waals surface area contributed by atoms with Crippen LogP contribution in [0.15, 0.2) is 18.2 Å². The maximum Gasteiger partial charge on any atom is 0.389 e. The van der Waals surface area contributed by atoms with Crippen LogP contribution < -0.4 is 5.73 Å². The topological polar surface area (TPSA) is 52.3 Å². The number of rotatable bonds is 5. The van der Waals surface area contributed by atoms with Gasteiger partial charge in [-0.05, 0) is 24.5 Å². The summed E-state index contributed by atoms with van der Waals surface area (Å²) >= 11 is 0. The highest BCUT2D eigenvalue weighted by molar-refractivity contribution is 5.95. The van der Waals surface area contributed by atoms with Crippen LogP contribution in [0.2, 0.25) is 0 Å². The van der Waals surface area contributed by atoms with Crippen molar-refractivity contribution in [3.05, 3.63) is 29.3 Å². The number of nitrogens with two attached hydrogens (primary N) is 1. The minimum atomic E-state index is -4.24. The van der Waals surface area contributed by atoms with Crippen molar-refractivity contribution in [2.24, 2.45) is 0 Å². The molecule has 0 bridgehead atoms. The second-order valence-corrected chi connectivity index (χ2v) is 4.13. The van der Waals surface area contributed by atoms with Gasteiger partial charge < -0.3 is 10.5 Å². The molecular weight excluding hydrogens is 259 g/mol. The molecule has 3 nitrogen and oxygen atoms in total. The molecule has 0 amide bonds. The fourth-order valence-electron chi connectivity index (χ4n) is 1.56. The van der Waals surface area contributed by atoms with Gasteiger partial charge in [-0.15, -0.1) is 0 Å². The minimum absolute atomic E-state index is 0.0628. The molecule has 106 valence electrons. The molecule has 0 aliphatic rings. The Bertz CT molecular complexity index is 444. The molecule has 0 atom stereocenters. The van der Waals surface area contributed by atoms with Gasteiger partial charge in [-0.3, -0.25) is 0 Å². The first-order valence-corrected chi connectivity index (χ1v) is 5.96. The zero-order chi connectivity index (χ0) is 14.5. The lowest BCUT2D eigenvalue weighted by Crippen LogP contribution is -2.13. The molecule has 0 aromatic heterocycles. The van der Waals surface area contributed by atoms with Crippen LogP contribution in [-0.2, 0) is 11.2 Å². The number of hydrogen-bond acceptors (Lipinski definition) is 3. The van der Waals surface area contributed by atoms with Gasteiger partial charge >= 0.3 is 12.1 Å². The van der Waals surface area contributed by atoms with Crippen molar-refractivity contribution in [3.63, 3.8) is 0 Å². The van der Waals surface area contributed by atoms with E-state index < -0.39 is 18.6 Å². The molecular formula is C13H16F3NO2. The van der Waals surface area contributed by atoms with Crippen LogP contribution in [0, 0.1) is 0 Å². The molecule has 0 aliphatic carbocycles. The van der Waals surface area contributed by atoms with Crippen LogP contribution in [0.1, 0.15) is 35.7 Å². The van der Waals surface area contributed by atoms with E-state index >= 15 is 0 Å². The van der Waals surface area contributed by atoms with Gasteiger partial charge in [0.25, 0.3) is 0 Å². The number of benzene rings is 1. The first kappa shape index (κ1) is 15.3. The Morgan fingerprint density at radius 1 is 1.37 bits per heavy atom. The fraction of sp³-hybridized carbons (Fsp3) is 0.462. The van der Waals surface area contributed by atoms with Crippen LogP contribution in [0.3, 0.4) is 0 Å². The summed E-state index contributed by atoms with van der Waals surface area (Å²) in [5.74, 6) is -0.604. The zero-order valence-corrected chi connectivity index (χ0v) is 10.6. The van der Waals surface area contributed by atoms with Crippen molar-refractivity contribution in [2.75, 3.05) is 12.3 Å². The van der Waals surface area contributed by atoms with Crippen molar-refractivity contribution in [2.45, 2.75) is 32.4 Å². The van der Waals surface area contributed by atoms with Crippen LogP contribution in [0.4, 0.5) is 18.9 Å². The number of esters is 1. The van der Waals surface area contributed by atoms with Crippen molar-refractivity contribution >= 4 is 11.7 Å². The Morgan fingerprint density at radius 3 is 2.63 bits per heavy atom. The molecule has 1 rings (SSSR count). The second-order valence-electron chi connectivity index (χ2n) is 4.13. The van der Waals surface area contributed by atoms with E-state index in [4.69, 9.17) is 10.5 Å². The lowest BCUT2D eigenvalue weighted by molar-refractivity contribution is -0.133. The Balaban J connectivity index is 2.83. The Kier molecular flexibility index (Phi) is 5.20. The van der Waals surface area contributed by atoms with E-state index in [1.54, 1.807) is 0 Å². The number of ether oxygens (including phenoxy) is 1. The van der Waals surface area contributed by atoms with E-state index in [1.165, 1.54) is 18.2 Å². The molecule has 19 heavy (non-hydrogen) atoms. The molecule has 0 unspecified atom stereocenters. The Labute approximate surface area is 109 Å². The lowest BCUT2D eigenvalue weighted by atomic mass is 10.0. The largest absolute Gasteiger partial charge is 0.462 e. The van der Waals surface area contributed by atoms with E-state index in [0.29, 0.717) is 12.0 Å². The highest BCUT2D eigenvalue weighted by atomic mass is 19.4. The summed E-state index contributed by atoms with van der Waals surface area (Å²) in [5.41, 5.74) is 6.21. The first-order valence-electron chi connectivity index (χ1n) is 5.96. The van der Waals surface area contributed by atoms with Gasteiger partial charge in [0.15, 0.2) is 0 Å². The van der Waals surface area contributed by atoms with E-state index in [2.05, 4.69) is 0 Å². The van der Waals surface area contributed by atoms with E-state index in [1.807, 2.05) is 6.92 Å². The summed E-state index contributed by atoms with van der Waals surface area (Å²) in [6.07, 6.45) is -4.79. The SMILES string of the molecule is CCCOC(=O)c1cccc(CCC(F)(F)F)c1N. The normalized spacial score (nSPS) is 11.4. The molecule has 0 spiro atoms. The average Bonchev–Trinajstić information content (AvgIpc) is 2.33. The summed E-state index contributed by atoms with van der Waals surface area (Å²) in [7, 11) is 0. The van der Waals surface area contributed by atoms with Crippen LogP contribution >= 0.6 is 0 Å². The summed E-state index contributed by atoms with van der Waals surface area (Å²) < 4.78 is 41.4. The Hall–Kier alpha value is -1.72. The van der Waals surface area contributed by atoms with Crippen LogP contribution in [-0.4, -0.2) is 18.8 Å². The molecule has 0 saturated heterocycles. The maximum absolute atomic E-state index is 12.2. The average molecular weight is 275 g/mol. The van der Waals surface area contributed by atoms with E-state index in [-0.39, 0.29) is 24.3 Å². The Morgan fingerprint density at radius 2 is 2.05 bits per heavy atom. The number of halogens is 3. The number of hydrogen-bond donors (Lipinski definition) is 1. The lowest BCUT2D eigenvalue weighted by Gasteiger charge is -2.11. The molecule has 0 heterocycles. The molecule has 0 fully saturated rings. The number of anilines is 1. The number of carbonyl (C=O) groups is 1. The van der Waals surface area contributed by atoms with Crippen molar-refractivity contribution < 1.29 is 22.7 Å². The standard InChI is InChI=1S/C13H16F3NO2/c1-2-8-19-12(18)10-5-3-4-9(11(10)17)6-7-13(14,15)16/h3-5H,2,6-8,17H2,1H3. The van der Waals surface area contributed by atoms with Gasteiger partial charge in [0, 0.05) is 12.1 Å². The van der Waals surface area contributed by atoms with Crippen molar-refractivity contribution in [1.29, 1.82) is 0 Å². The smallest absolute Gasteiger partial charge is 0.389 e. The van der Waals surface area contributed by atoms with Gasteiger partial charge in [0.2, 0.25) is 0 Å². The molecule has 2 N–H and O–H groups in total. The highest BCUT2D eigenvalue weighted by Crippen LogP contribution is 2.26. The first-order chi connectivity index (χ1) is 8.85. The number of para-hydroxylation sites is 1. The van der Waals surface area contributed by atoms with Crippen LogP contribution in [0.25, 0.3) is 0 Å². The quantitative estimate of drug-likeness (QED) is 0.662. The fourth-order valence-corrected chi connectivity index (χ4v) is 1.56. The van der Waals surface area contributed by atoms with Gasteiger partial charge in [-0.25, -0.2) is 4.79 Å². The van der Waals surface area contributed by atoms with Crippen LogP contribution in [0.5, 0.6) is 0 Å². The monoisotopic (exact) mass is 275 g/mol. The molecule has 1 aromatic carbocycles. The zero-order valence-electron chi connectivity index (χ0n) is 10.6. The predicted molar refractivity (Wildman–Crippen MR) is 65.8 cm³/mol. The summed E-state index contributed by atoms with van der Waals surface area (Å²) in [6, 6.07) is 4.44. The van der Waals surface area contributed by atoms with Gasteiger partial charge in [-0.2, -0.15) is 13.2 Å². The number of aryl methyl sites for hydroxylation is 1. The van der Waals surface area contributed by atoms with Crippen molar-refractivity contribution in [3.8, 4) is 0 Å². The number of carbonyl (C=O) groups excluding carboxylic acids is 1. The molecule has 0 radical (unpaired) electrons. The molecule has 1 aromatic rings. The number of nitrogen functional groups attached to an aromatic ring is 1. The maximum atomic E-state index is 12.2. The third-order valence-electron chi connectivity index (χ3n) is 2.53. The minimum Gasteiger partial charge on any atom is -0.462 e. The third-order valence-corrected chi connectivity index (χ3v) is 2.53. The number of alkyl halides is 3. The predicted octanol–water partition coefficient (Wildman–Crippen LogP) is 3.33. The molecule has 6 heteroatoms. The summed E-state index contributed by atoms with van der Waals surface area (Å²) in [4.78, 5) is 11.7. The van der Waals surface area contributed by atoms with E-state index in [9.17, 15) is 18.0 Å².